The lowest BCUT2D eigenvalue weighted by molar-refractivity contribution is -0.115. The summed E-state index contributed by atoms with van der Waals surface area (Å²) < 4.78 is 0. The van der Waals surface area contributed by atoms with Gasteiger partial charge in [0.05, 0.1) is 21.7 Å². The van der Waals surface area contributed by atoms with Gasteiger partial charge in [0.2, 0.25) is 11.8 Å². The maximum Gasteiger partial charge on any atom is 0.237 e. The van der Waals surface area contributed by atoms with Gasteiger partial charge in [0.15, 0.2) is 0 Å². The number of thioether (sulfide) groups is 1. The molecule has 0 saturated carbocycles. The maximum atomic E-state index is 12.3. The molecule has 4 nitrogen and oxygen atoms in total. The van der Waals surface area contributed by atoms with Crippen LogP contribution in [0.15, 0.2) is 42.5 Å². The monoisotopic (exact) mass is 410 g/mol. The van der Waals surface area contributed by atoms with Gasteiger partial charge in [-0.1, -0.05) is 42.3 Å². The maximum absolute atomic E-state index is 12.3. The molecule has 7 heteroatoms. The third-order valence-electron chi connectivity index (χ3n) is 3.67. The van der Waals surface area contributed by atoms with E-state index in [0.717, 1.165) is 12.1 Å². The number of amides is 2. The number of nitrogens with one attached hydrogen (secondary N) is 2. The predicted octanol–water partition coefficient (Wildman–Crippen LogP) is 5.25. The molecule has 0 unspecified atom stereocenters. The zero-order valence-corrected chi connectivity index (χ0v) is 16.8. The molecule has 0 aliphatic rings. The van der Waals surface area contributed by atoms with E-state index in [1.54, 1.807) is 25.1 Å². The summed E-state index contributed by atoms with van der Waals surface area (Å²) in [6.07, 6.45) is 0.952. The van der Waals surface area contributed by atoms with Gasteiger partial charge in [0.25, 0.3) is 0 Å². The van der Waals surface area contributed by atoms with Crippen molar-refractivity contribution in [2.45, 2.75) is 25.5 Å². The fourth-order valence-electron chi connectivity index (χ4n) is 2.12. The summed E-state index contributed by atoms with van der Waals surface area (Å²) in [5.41, 5.74) is 2.41. The largest absolute Gasteiger partial charge is 0.325 e. The quantitative estimate of drug-likeness (QED) is 0.654. The number of aryl methyl sites for hydroxylation is 1. The van der Waals surface area contributed by atoms with Crippen LogP contribution in [0.2, 0.25) is 10.0 Å². The molecule has 26 heavy (non-hydrogen) atoms. The van der Waals surface area contributed by atoms with Crippen LogP contribution >= 0.6 is 35.0 Å². The number of anilines is 2. The van der Waals surface area contributed by atoms with Crippen LogP contribution in [-0.4, -0.2) is 22.8 Å². The van der Waals surface area contributed by atoms with Crippen LogP contribution in [0.5, 0.6) is 0 Å². The molecule has 0 saturated heterocycles. The smallest absolute Gasteiger partial charge is 0.237 e. The van der Waals surface area contributed by atoms with Crippen LogP contribution in [0.3, 0.4) is 0 Å². The van der Waals surface area contributed by atoms with E-state index in [1.165, 1.54) is 17.3 Å². The molecular weight excluding hydrogens is 391 g/mol. The van der Waals surface area contributed by atoms with Crippen molar-refractivity contribution >= 4 is 58.2 Å². The second-order valence-corrected chi connectivity index (χ2v) is 7.84. The third-order valence-corrected chi connectivity index (χ3v) is 5.37. The third kappa shape index (κ3) is 6.24. The molecule has 0 aliphatic heterocycles. The number of benzene rings is 2. The van der Waals surface area contributed by atoms with Crippen LogP contribution in [0.1, 0.15) is 19.4 Å². The van der Waals surface area contributed by atoms with Gasteiger partial charge in [-0.05, 0) is 49.2 Å². The van der Waals surface area contributed by atoms with E-state index in [0.29, 0.717) is 15.7 Å². The molecule has 1 atom stereocenters. The molecule has 0 aliphatic carbocycles. The van der Waals surface area contributed by atoms with E-state index in [2.05, 4.69) is 17.6 Å². The van der Waals surface area contributed by atoms with E-state index < -0.39 is 5.25 Å². The Morgan fingerprint density at radius 1 is 1.08 bits per heavy atom. The normalized spacial score (nSPS) is 11.7. The summed E-state index contributed by atoms with van der Waals surface area (Å²) >= 11 is 13.2. The van der Waals surface area contributed by atoms with Crippen LogP contribution in [0, 0.1) is 0 Å². The first kappa shape index (κ1) is 20.6. The summed E-state index contributed by atoms with van der Waals surface area (Å²) in [6.45, 7) is 3.81. The number of rotatable bonds is 7. The van der Waals surface area contributed by atoms with Crippen molar-refractivity contribution in [3.05, 3.63) is 58.1 Å². The Morgan fingerprint density at radius 2 is 1.77 bits per heavy atom. The highest BCUT2D eigenvalue weighted by molar-refractivity contribution is 8.01. The molecular formula is C19H20Cl2N2O2S. The number of hydrogen-bond donors (Lipinski definition) is 2. The predicted molar refractivity (Wildman–Crippen MR) is 111 cm³/mol. The van der Waals surface area contributed by atoms with Gasteiger partial charge >= 0.3 is 0 Å². The second-order valence-electron chi connectivity index (χ2n) is 5.67. The minimum Gasteiger partial charge on any atom is -0.325 e. The highest BCUT2D eigenvalue weighted by atomic mass is 35.5. The fourth-order valence-corrected chi connectivity index (χ4v) is 3.15. The van der Waals surface area contributed by atoms with E-state index in [-0.39, 0.29) is 17.6 Å². The first-order valence-electron chi connectivity index (χ1n) is 8.15. The van der Waals surface area contributed by atoms with Crippen molar-refractivity contribution in [2.24, 2.45) is 0 Å². The lowest BCUT2D eigenvalue weighted by atomic mass is 10.1. The van der Waals surface area contributed by atoms with Gasteiger partial charge in [-0.3, -0.25) is 9.59 Å². The average molecular weight is 411 g/mol. The molecule has 2 N–H and O–H groups in total. The molecule has 0 aromatic heterocycles. The molecule has 2 aromatic rings. The highest BCUT2D eigenvalue weighted by Crippen LogP contribution is 2.26. The minimum atomic E-state index is -0.418. The SMILES string of the molecule is CCc1ccc(NC(=O)CS[C@H](C)C(=O)Nc2cc(Cl)ccc2Cl)cc1. The second kappa shape index (κ2) is 9.86. The van der Waals surface area contributed by atoms with Gasteiger partial charge in [0, 0.05) is 10.7 Å². The summed E-state index contributed by atoms with van der Waals surface area (Å²) in [4.78, 5) is 24.3. The van der Waals surface area contributed by atoms with Crippen molar-refractivity contribution in [1.82, 2.24) is 0 Å². The number of carbonyl (C=O) groups excluding carboxylic acids is 2. The van der Waals surface area contributed by atoms with E-state index in [9.17, 15) is 9.59 Å². The number of halogens is 2. The summed E-state index contributed by atoms with van der Waals surface area (Å²) in [5, 5.41) is 6.03. The first-order chi connectivity index (χ1) is 12.4. The van der Waals surface area contributed by atoms with Crippen LogP contribution in [-0.2, 0) is 16.0 Å². The molecule has 2 amide bonds. The molecule has 0 bridgehead atoms. The van der Waals surface area contributed by atoms with Gasteiger partial charge in [0.1, 0.15) is 0 Å². The molecule has 0 radical (unpaired) electrons. The zero-order chi connectivity index (χ0) is 19.1. The summed E-state index contributed by atoms with van der Waals surface area (Å²) in [6, 6.07) is 12.6. The van der Waals surface area contributed by atoms with E-state index in [1.807, 2.05) is 24.3 Å². The molecule has 2 rings (SSSR count). The Hall–Kier alpha value is -1.69. The van der Waals surface area contributed by atoms with Gasteiger partial charge in [-0.25, -0.2) is 0 Å². The van der Waals surface area contributed by atoms with Crippen molar-refractivity contribution in [3.63, 3.8) is 0 Å². The fraction of sp³-hybridized carbons (Fsp3) is 0.263. The van der Waals surface area contributed by atoms with Gasteiger partial charge < -0.3 is 10.6 Å². The highest BCUT2D eigenvalue weighted by Gasteiger charge is 2.16. The Labute approximate surface area is 167 Å². The van der Waals surface area contributed by atoms with Gasteiger partial charge in [-0.2, -0.15) is 0 Å². The molecule has 0 spiro atoms. The lowest BCUT2D eigenvalue weighted by Gasteiger charge is -2.13. The molecule has 138 valence electrons. The van der Waals surface area contributed by atoms with Crippen molar-refractivity contribution in [3.8, 4) is 0 Å². The standard InChI is InChI=1S/C19H20Cl2N2O2S/c1-3-13-4-7-15(8-5-13)22-18(24)11-26-12(2)19(25)23-17-10-14(20)6-9-16(17)21/h4-10,12H,3,11H2,1-2H3,(H,22,24)(H,23,25)/t12-/m1/s1. The van der Waals surface area contributed by atoms with E-state index in [4.69, 9.17) is 23.2 Å². The zero-order valence-electron chi connectivity index (χ0n) is 14.5. The van der Waals surface area contributed by atoms with Gasteiger partial charge in [-0.15, -0.1) is 11.8 Å². The lowest BCUT2D eigenvalue weighted by Crippen LogP contribution is -2.25. The van der Waals surface area contributed by atoms with Crippen LogP contribution < -0.4 is 10.6 Å². The number of carbonyl (C=O) groups is 2. The Balaban J connectivity index is 1.82. The first-order valence-corrected chi connectivity index (χ1v) is 9.95. The summed E-state index contributed by atoms with van der Waals surface area (Å²) in [5.74, 6) is -0.216. The molecule has 0 fully saturated rings. The van der Waals surface area contributed by atoms with Crippen molar-refractivity contribution in [1.29, 1.82) is 0 Å². The summed E-state index contributed by atoms with van der Waals surface area (Å²) in [7, 11) is 0. The average Bonchev–Trinajstić information content (AvgIpc) is 2.63. The Bertz CT molecular complexity index is 782. The topological polar surface area (TPSA) is 58.2 Å². The number of hydrogen-bond acceptors (Lipinski definition) is 3. The van der Waals surface area contributed by atoms with Crippen LogP contribution in [0.4, 0.5) is 11.4 Å². The molecule has 0 heterocycles. The van der Waals surface area contributed by atoms with Crippen LogP contribution in [0.25, 0.3) is 0 Å². The Kier molecular flexibility index (Phi) is 7.82. The van der Waals surface area contributed by atoms with Crippen molar-refractivity contribution in [2.75, 3.05) is 16.4 Å². The molecule has 2 aromatic carbocycles. The minimum absolute atomic E-state index is 0.153. The van der Waals surface area contributed by atoms with E-state index >= 15 is 0 Å². The Morgan fingerprint density at radius 3 is 2.42 bits per heavy atom. The van der Waals surface area contributed by atoms with Crippen molar-refractivity contribution < 1.29 is 9.59 Å².